The summed E-state index contributed by atoms with van der Waals surface area (Å²) in [6.07, 6.45) is -4.32. The van der Waals surface area contributed by atoms with E-state index in [-0.39, 0.29) is 18.7 Å². The van der Waals surface area contributed by atoms with Crippen LogP contribution in [0.4, 0.5) is 18.0 Å². The highest BCUT2D eigenvalue weighted by Gasteiger charge is 2.27. The standard InChI is InChI=1S/C16H23F3N2O2/c1-11(2)12(3)21-15(22)20-8-13-4-6-14(7-5-13)9-23-10-16(17,18)19/h4-7,11-12H,8-10H2,1-3H3,(H2,20,21,22). The maximum absolute atomic E-state index is 12.0. The van der Waals surface area contributed by atoms with Gasteiger partial charge in [-0.25, -0.2) is 4.79 Å². The van der Waals surface area contributed by atoms with Crippen LogP contribution in [0.25, 0.3) is 0 Å². The van der Waals surface area contributed by atoms with Crippen LogP contribution in [-0.4, -0.2) is 24.9 Å². The zero-order chi connectivity index (χ0) is 17.5. The number of hydrogen-bond donors (Lipinski definition) is 2. The number of rotatable bonds is 7. The normalized spacial score (nSPS) is 13.0. The Morgan fingerprint density at radius 3 is 2.22 bits per heavy atom. The van der Waals surface area contributed by atoms with Crippen molar-refractivity contribution < 1.29 is 22.7 Å². The number of alkyl halides is 3. The van der Waals surface area contributed by atoms with E-state index >= 15 is 0 Å². The lowest BCUT2D eigenvalue weighted by Crippen LogP contribution is -2.42. The van der Waals surface area contributed by atoms with Crippen molar-refractivity contribution in [2.24, 2.45) is 5.92 Å². The predicted octanol–water partition coefficient (Wildman–Crippen LogP) is 3.61. The van der Waals surface area contributed by atoms with Crippen LogP contribution < -0.4 is 10.6 Å². The smallest absolute Gasteiger partial charge is 0.367 e. The second-order valence-corrected chi connectivity index (χ2v) is 5.78. The third-order valence-electron chi connectivity index (χ3n) is 3.37. The van der Waals surface area contributed by atoms with Crippen LogP contribution in [0.15, 0.2) is 24.3 Å². The van der Waals surface area contributed by atoms with Crippen LogP contribution >= 0.6 is 0 Å². The van der Waals surface area contributed by atoms with Crippen molar-refractivity contribution in [3.63, 3.8) is 0 Å². The summed E-state index contributed by atoms with van der Waals surface area (Å²) in [5.41, 5.74) is 1.51. The highest BCUT2D eigenvalue weighted by molar-refractivity contribution is 5.74. The number of carbonyl (C=O) groups excluding carboxylic acids is 1. The van der Waals surface area contributed by atoms with Gasteiger partial charge in [0.1, 0.15) is 6.61 Å². The Bertz CT molecular complexity index is 487. The molecule has 2 amide bonds. The predicted molar refractivity (Wildman–Crippen MR) is 81.8 cm³/mol. The lowest BCUT2D eigenvalue weighted by atomic mass is 10.1. The van der Waals surface area contributed by atoms with Gasteiger partial charge in [-0.3, -0.25) is 0 Å². The van der Waals surface area contributed by atoms with Gasteiger partial charge in [-0.1, -0.05) is 38.1 Å². The molecule has 7 heteroatoms. The Kier molecular flexibility index (Phi) is 7.35. The van der Waals surface area contributed by atoms with Crippen molar-refractivity contribution in [3.8, 4) is 0 Å². The van der Waals surface area contributed by atoms with Gasteiger partial charge in [0.25, 0.3) is 0 Å². The summed E-state index contributed by atoms with van der Waals surface area (Å²) in [6, 6.07) is 6.69. The molecule has 0 bridgehead atoms. The number of nitrogens with one attached hydrogen (secondary N) is 2. The molecule has 2 N–H and O–H groups in total. The van der Waals surface area contributed by atoms with E-state index in [1.54, 1.807) is 24.3 Å². The highest BCUT2D eigenvalue weighted by atomic mass is 19.4. The highest BCUT2D eigenvalue weighted by Crippen LogP contribution is 2.15. The molecule has 0 fully saturated rings. The van der Waals surface area contributed by atoms with E-state index < -0.39 is 12.8 Å². The molecule has 0 aliphatic carbocycles. The number of urea groups is 1. The summed E-state index contributed by atoms with van der Waals surface area (Å²) in [4.78, 5) is 11.7. The third kappa shape index (κ3) is 8.44. The molecule has 0 saturated carbocycles. The molecule has 23 heavy (non-hydrogen) atoms. The molecule has 0 aromatic heterocycles. The maximum atomic E-state index is 12.0. The van der Waals surface area contributed by atoms with Crippen molar-refractivity contribution >= 4 is 6.03 Å². The molecule has 0 spiro atoms. The van der Waals surface area contributed by atoms with Crippen molar-refractivity contribution in [1.82, 2.24) is 10.6 Å². The zero-order valence-electron chi connectivity index (χ0n) is 13.5. The first-order chi connectivity index (χ1) is 10.7. The number of amides is 2. The second-order valence-electron chi connectivity index (χ2n) is 5.78. The van der Waals surface area contributed by atoms with E-state index in [2.05, 4.69) is 15.4 Å². The Labute approximate surface area is 134 Å². The molecule has 1 unspecified atom stereocenters. The second kappa shape index (κ2) is 8.76. The molecule has 0 heterocycles. The lowest BCUT2D eigenvalue weighted by molar-refractivity contribution is -0.176. The van der Waals surface area contributed by atoms with Crippen LogP contribution in [0, 0.1) is 5.92 Å². The maximum Gasteiger partial charge on any atom is 0.411 e. The van der Waals surface area contributed by atoms with Gasteiger partial charge in [0, 0.05) is 12.6 Å². The van der Waals surface area contributed by atoms with Gasteiger partial charge >= 0.3 is 12.2 Å². The Hall–Kier alpha value is -1.76. The first-order valence-corrected chi connectivity index (χ1v) is 7.44. The van der Waals surface area contributed by atoms with Gasteiger partial charge in [0.15, 0.2) is 0 Å². The van der Waals surface area contributed by atoms with Crippen molar-refractivity contribution in [3.05, 3.63) is 35.4 Å². The molecule has 0 aliphatic heterocycles. The van der Waals surface area contributed by atoms with Gasteiger partial charge in [-0.2, -0.15) is 13.2 Å². The Morgan fingerprint density at radius 1 is 1.13 bits per heavy atom. The first-order valence-electron chi connectivity index (χ1n) is 7.44. The largest absolute Gasteiger partial charge is 0.411 e. The Balaban J connectivity index is 2.35. The van der Waals surface area contributed by atoms with Gasteiger partial charge in [0.05, 0.1) is 6.61 Å². The molecule has 1 rings (SSSR count). The molecule has 1 aromatic carbocycles. The van der Waals surface area contributed by atoms with E-state index in [1.165, 1.54) is 0 Å². The summed E-state index contributed by atoms with van der Waals surface area (Å²) < 4.78 is 40.5. The average molecular weight is 332 g/mol. The molecular formula is C16H23F3N2O2. The van der Waals surface area contributed by atoms with E-state index in [1.807, 2.05) is 20.8 Å². The molecule has 1 aromatic rings. The van der Waals surface area contributed by atoms with E-state index in [0.29, 0.717) is 18.0 Å². The number of ether oxygens (including phenoxy) is 1. The molecular weight excluding hydrogens is 309 g/mol. The van der Waals surface area contributed by atoms with Gasteiger partial charge in [-0.15, -0.1) is 0 Å². The Morgan fingerprint density at radius 2 is 1.70 bits per heavy atom. The minimum absolute atomic E-state index is 0.0724. The lowest BCUT2D eigenvalue weighted by Gasteiger charge is -2.17. The van der Waals surface area contributed by atoms with E-state index in [0.717, 1.165) is 5.56 Å². The van der Waals surface area contributed by atoms with Gasteiger partial charge in [-0.05, 0) is 24.0 Å². The fourth-order valence-electron chi connectivity index (χ4n) is 1.64. The van der Waals surface area contributed by atoms with E-state index in [4.69, 9.17) is 0 Å². The molecule has 0 radical (unpaired) electrons. The minimum atomic E-state index is -4.32. The monoisotopic (exact) mass is 332 g/mol. The quantitative estimate of drug-likeness (QED) is 0.801. The first kappa shape index (κ1) is 19.3. The zero-order valence-corrected chi connectivity index (χ0v) is 13.5. The molecule has 0 saturated heterocycles. The van der Waals surface area contributed by atoms with E-state index in [9.17, 15) is 18.0 Å². The van der Waals surface area contributed by atoms with Crippen LogP contribution in [-0.2, 0) is 17.9 Å². The van der Waals surface area contributed by atoms with Crippen molar-refractivity contribution in [2.75, 3.05) is 6.61 Å². The van der Waals surface area contributed by atoms with Crippen molar-refractivity contribution in [1.29, 1.82) is 0 Å². The van der Waals surface area contributed by atoms with Crippen LogP contribution in [0.2, 0.25) is 0 Å². The van der Waals surface area contributed by atoms with Crippen LogP contribution in [0.5, 0.6) is 0 Å². The summed E-state index contributed by atoms with van der Waals surface area (Å²) in [5.74, 6) is 0.344. The summed E-state index contributed by atoms with van der Waals surface area (Å²) >= 11 is 0. The van der Waals surface area contributed by atoms with Crippen molar-refractivity contribution in [2.45, 2.75) is 46.1 Å². The van der Waals surface area contributed by atoms with Gasteiger partial charge < -0.3 is 15.4 Å². The minimum Gasteiger partial charge on any atom is -0.367 e. The van der Waals surface area contributed by atoms with Crippen LogP contribution in [0.1, 0.15) is 31.9 Å². The number of hydrogen-bond acceptors (Lipinski definition) is 2. The fourth-order valence-corrected chi connectivity index (χ4v) is 1.64. The molecule has 1 atom stereocenters. The molecule has 130 valence electrons. The number of benzene rings is 1. The fraction of sp³-hybridized carbons (Fsp3) is 0.562. The SMILES string of the molecule is CC(C)C(C)NC(=O)NCc1ccc(COCC(F)(F)F)cc1. The van der Waals surface area contributed by atoms with Crippen LogP contribution in [0.3, 0.4) is 0 Å². The summed E-state index contributed by atoms with van der Waals surface area (Å²) in [6.45, 7) is 4.96. The summed E-state index contributed by atoms with van der Waals surface area (Å²) in [5, 5.41) is 5.56. The number of carbonyl (C=O) groups is 1. The molecule has 0 aliphatic rings. The van der Waals surface area contributed by atoms with Gasteiger partial charge in [0.2, 0.25) is 0 Å². The third-order valence-corrected chi connectivity index (χ3v) is 3.37. The average Bonchev–Trinajstić information content (AvgIpc) is 2.45. The number of halogens is 3. The molecule has 4 nitrogen and oxygen atoms in total. The topological polar surface area (TPSA) is 50.4 Å². The summed E-state index contributed by atoms with van der Waals surface area (Å²) in [7, 11) is 0.